The maximum Gasteiger partial charge on any atom is 0.272 e. The Kier molecular flexibility index (Phi) is 5.18. The number of thiazole rings is 1. The van der Waals surface area contributed by atoms with E-state index in [1.54, 1.807) is 12.1 Å². The minimum atomic E-state index is -0.352. The average Bonchev–Trinajstić information content (AvgIpc) is 2.93. The van der Waals surface area contributed by atoms with Gasteiger partial charge in [0, 0.05) is 11.1 Å². The Balaban J connectivity index is 2.02. The molecule has 2 aromatic carbocycles. The van der Waals surface area contributed by atoms with E-state index >= 15 is 0 Å². The Morgan fingerprint density at radius 3 is 2.88 bits per heavy atom. The van der Waals surface area contributed by atoms with Crippen LogP contribution in [-0.2, 0) is 11.3 Å². The third-order valence-electron chi connectivity index (χ3n) is 3.67. The second-order valence-electron chi connectivity index (χ2n) is 5.40. The molecular weight excluding hydrogens is 352 g/mol. The molecule has 0 unspecified atom stereocenters. The summed E-state index contributed by atoms with van der Waals surface area (Å²) in [7, 11) is 0. The van der Waals surface area contributed by atoms with Crippen molar-refractivity contribution in [3.63, 3.8) is 0 Å². The van der Waals surface area contributed by atoms with E-state index in [4.69, 9.17) is 18.0 Å². The number of carbonyl (C=O) groups excluding carboxylic acids is 1. The van der Waals surface area contributed by atoms with E-state index in [9.17, 15) is 4.79 Å². The van der Waals surface area contributed by atoms with Gasteiger partial charge in [-0.05, 0) is 36.3 Å². The number of fused-ring (bicyclic) bond motifs is 1. The summed E-state index contributed by atoms with van der Waals surface area (Å²) < 4.78 is 2.95. The molecule has 124 valence electrons. The maximum absolute atomic E-state index is 12.3. The minimum absolute atomic E-state index is 0.352. The lowest BCUT2D eigenvalue weighted by molar-refractivity contribution is -0.113. The second kappa shape index (κ2) is 7.52. The number of hydrogen-bond acceptors (Lipinski definition) is 2. The van der Waals surface area contributed by atoms with Crippen LogP contribution in [0, 0.1) is 19.3 Å². The van der Waals surface area contributed by atoms with Gasteiger partial charge in [0.1, 0.15) is 0 Å². The highest BCUT2D eigenvalue weighted by molar-refractivity contribution is 7.16. The average molecular weight is 367 g/mol. The Hall–Kier alpha value is -2.61. The van der Waals surface area contributed by atoms with Crippen LogP contribution in [0.3, 0.4) is 0 Å². The normalized spacial score (nSPS) is 12.0. The summed E-state index contributed by atoms with van der Waals surface area (Å²) in [6.07, 6.45) is 8.57. The molecule has 25 heavy (non-hydrogen) atoms. The van der Waals surface area contributed by atoms with E-state index in [0.29, 0.717) is 16.4 Å². The molecule has 0 saturated heterocycles. The summed E-state index contributed by atoms with van der Waals surface area (Å²) in [5.74, 6) is 2.28. The zero-order valence-corrected chi connectivity index (χ0v) is 15.1. The lowest BCUT2D eigenvalue weighted by atomic mass is 10.2. The Bertz CT molecular complexity index is 1080. The van der Waals surface area contributed by atoms with Crippen molar-refractivity contribution in [2.45, 2.75) is 13.5 Å². The molecule has 0 saturated carbocycles. The maximum atomic E-state index is 12.3. The molecule has 0 radical (unpaired) electrons. The highest BCUT2D eigenvalue weighted by atomic mass is 35.5. The molecule has 0 fully saturated rings. The third-order valence-corrected chi connectivity index (χ3v) is 5.06. The minimum Gasteiger partial charge on any atom is -0.304 e. The smallest absolute Gasteiger partial charge is 0.272 e. The van der Waals surface area contributed by atoms with Gasteiger partial charge >= 0.3 is 0 Å². The number of aromatic nitrogens is 1. The van der Waals surface area contributed by atoms with E-state index in [-0.39, 0.29) is 5.91 Å². The molecule has 0 bridgehead atoms. The van der Waals surface area contributed by atoms with Crippen LogP contribution in [-0.4, -0.2) is 10.5 Å². The summed E-state index contributed by atoms with van der Waals surface area (Å²) >= 11 is 7.54. The second-order valence-corrected chi connectivity index (χ2v) is 6.82. The topological polar surface area (TPSA) is 34.4 Å². The van der Waals surface area contributed by atoms with Crippen molar-refractivity contribution in [1.29, 1.82) is 0 Å². The molecule has 3 rings (SSSR count). The van der Waals surface area contributed by atoms with Gasteiger partial charge in [-0.2, -0.15) is 4.99 Å². The number of aryl methyl sites for hydroxylation is 1. The van der Waals surface area contributed by atoms with E-state index < -0.39 is 0 Å². The monoisotopic (exact) mass is 366 g/mol. The number of terminal acetylenes is 1. The van der Waals surface area contributed by atoms with Gasteiger partial charge in [-0.1, -0.05) is 59.2 Å². The molecule has 1 heterocycles. The van der Waals surface area contributed by atoms with Crippen molar-refractivity contribution in [3.8, 4) is 12.3 Å². The van der Waals surface area contributed by atoms with Crippen molar-refractivity contribution >= 4 is 45.1 Å². The van der Waals surface area contributed by atoms with E-state index in [2.05, 4.69) is 10.9 Å². The Morgan fingerprint density at radius 1 is 1.32 bits per heavy atom. The summed E-state index contributed by atoms with van der Waals surface area (Å²) in [6, 6.07) is 13.3. The van der Waals surface area contributed by atoms with Gasteiger partial charge in [0.05, 0.1) is 16.8 Å². The number of hydrogen-bond donors (Lipinski definition) is 0. The van der Waals surface area contributed by atoms with Gasteiger partial charge in [0.2, 0.25) is 0 Å². The fraction of sp³-hybridized carbons (Fsp3) is 0.100. The van der Waals surface area contributed by atoms with Crippen LogP contribution in [0.2, 0.25) is 5.02 Å². The van der Waals surface area contributed by atoms with Crippen molar-refractivity contribution in [1.82, 2.24) is 4.57 Å². The predicted octanol–water partition coefficient (Wildman–Crippen LogP) is 4.44. The highest BCUT2D eigenvalue weighted by Crippen LogP contribution is 2.21. The zero-order valence-electron chi connectivity index (χ0n) is 13.6. The van der Waals surface area contributed by atoms with Crippen LogP contribution in [0.25, 0.3) is 16.3 Å². The molecule has 1 amide bonds. The van der Waals surface area contributed by atoms with Gasteiger partial charge < -0.3 is 4.57 Å². The number of carbonyl (C=O) groups is 1. The van der Waals surface area contributed by atoms with E-state index in [1.165, 1.54) is 17.4 Å². The van der Waals surface area contributed by atoms with Crippen molar-refractivity contribution in [3.05, 3.63) is 69.5 Å². The van der Waals surface area contributed by atoms with Crippen molar-refractivity contribution in [2.24, 2.45) is 4.99 Å². The van der Waals surface area contributed by atoms with Gasteiger partial charge in [-0.15, -0.1) is 6.42 Å². The van der Waals surface area contributed by atoms with Crippen LogP contribution in [0.4, 0.5) is 0 Å². The van der Waals surface area contributed by atoms with Gasteiger partial charge in [0.15, 0.2) is 4.80 Å². The highest BCUT2D eigenvalue weighted by Gasteiger charge is 2.08. The number of rotatable bonds is 3. The fourth-order valence-corrected chi connectivity index (χ4v) is 3.84. The standard InChI is InChI=1S/C20H15ClN2OS/c1-3-13-23-19-14(2)7-6-10-17(19)25-20(23)22-18(24)12-11-15-8-4-5-9-16(15)21/h1,4-12H,13H2,2H3/b12-11+,22-20?. The Labute approximate surface area is 154 Å². The molecule has 0 aliphatic heterocycles. The molecule has 0 N–H and O–H groups in total. The number of halogens is 1. The molecule has 0 atom stereocenters. The first-order chi connectivity index (χ1) is 12.1. The van der Waals surface area contributed by atoms with Crippen LogP contribution in [0.1, 0.15) is 11.1 Å². The lowest BCUT2D eigenvalue weighted by Crippen LogP contribution is -2.16. The van der Waals surface area contributed by atoms with Crippen molar-refractivity contribution < 1.29 is 4.79 Å². The summed E-state index contributed by atoms with van der Waals surface area (Å²) in [6.45, 7) is 2.39. The lowest BCUT2D eigenvalue weighted by Gasteiger charge is -2.02. The molecule has 0 aliphatic rings. The SMILES string of the molecule is C#CCn1c(=NC(=O)/C=C/c2ccccc2Cl)sc2cccc(C)c21. The first-order valence-corrected chi connectivity index (χ1v) is 8.83. The first kappa shape index (κ1) is 17.2. The number of para-hydroxylation sites is 1. The van der Waals surface area contributed by atoms with Gasteiger partial charge in [-0.25, -0.2) is 0 Å². The molecule has 0 aliphatic carbocycles. The van der Waals surface area contributed by atoms with E-state index in [0.717, 1.165) is 21.3 Å². The van der Waals surface area contributed by atoms with Crippen LogP contribution in [0.5, 0.6) is 0 Å². The molecule has 5 heteroatoms. The summed E-state index contributed by atoms with van der Waals surface area (Å²) in [5, 5.41) is 0.589. The summed E-state index contributed by atoms with van der Waals surface area (Å²) in [5.41, 5.74) is 2.90. The molecular formula is C20H15ClN2OS. The number of benzene rings is 2. The van der Waals surface area contributed by atoms with Crippen LogP contribution >= 0.6 is 22.9 Å². The molecule has 3 nitrogen and oxygen atoms in total. The van der Waals surface area contributed by atoms with Crippen molar-refractivity contribution in [2.75, 3.05) is 0 Å². The van der Waals surface area contributed by atoms with Crippen LogP contribution in [0.15, 0.2) is 53.5 Å². The molecule has 0 spiro atoms. The number of amides is 1. The Morgan fingerprint density at radius 2 is 2.12 bits per heavy atom. The molecule has 3 aromatic rings. The first-order valence-electron chi connectivity index (χ1n) is 7.64. The zero-order chi connectivity index (χ0) is 17.8. The van der Waals surface area contributed by atoms with E-state index in [1.807, 2.05) is 47.9 Å². The quantitative estimate of drug-likeness (QED) is 0.498. The predicted molar refractivity (Wildman–Crippen MR) is 104 cm³/mol. The number of nitrogens with zero attached hydrogens (tertiary/aromatic N) is 2. The molecule has 1 aromatic heterocycles. The fourth-order valence-electron chi connectivity index (χ4n) is 2.53. The summed E-state index contributed by atoms with van der Waals surface area (Å²) in [4.78, 5) is 17.1. The largest absolute Gasteiger partial charge is 0.304 e. The van der Waals surface area contributed by atoms with Gasteiger partial charge in [-0.3, -0.25) is 4.79 Å². The third kappa shape index (κ3) is 3.74. The van der Waals surface area contributed by atoms with Crippen LogP contribution < -0.4 is 4.80 Å². The van der Waals surface area contributed by atoms with Gasteiger partial charge in [0.25, 0.3) is 5.91 Å².